The molecule has 8 saturated heterocycles. The number of rotatable bonds is 16. The van der Waals surface area contributed by atoms with Gasteiger partial charge in [-0.25, -0.2) is 38.4 Å². The van der Waals surface area contributed by atoms with Crippen LogP contribution in [0, 0.1) is 116 Å². The average Bonchev–Trinajstić information content (AvgIpc) is 1.47. The highest BCUT2D eigenvalue weighted by atomic mass is 32.3. The van der Waals surface area contributed by atoms with E-state index in [2.05, 4.69) is 52.6 Å². The van der Waals surface area contributed by atoms with Crippen molar-refractivity contribution in [1.29, 1.82) is 0 Å². The molecule has 24 rings (SSSR count). The molecule has 770 valence electrons. The molecule has 48 heteroatoms. The molecule has 24 aliphatic rings. The Balaban J connectivity index is 0.000000110. The number of carbonyl (C=O) groups excluding carboxylic acids is 8. The van der Waals surface area contributed by atoms with Crippen molar-refractivity contribution in [3.05, 3.63) is 101 Å². The van der Waals surface area contributed by atoms with Gasteiger partial charge in [0.25, 0.3) is 80.9 Å². The minimum atomic E-state index is -3.71. The molecular formula is C91H118O40S8. The highest BCUT2D eigenvalue weighted by Gasteiger charge is 2.83. The lowest BCUT2D eigenvalue weighted by molar-refractivity contribution is -0.157. The van der Waals surface area contributed by atoms with Crippen LogP contribution < -0.4 is 0 Å². The summed E-state index contributed by atoms with van der Waals surface area (Å²) in [5.74, 6) is -4.07. The summed E-state index contributed by atoms with van der Waals surface area (Å²) < 4.78 is 275. The molecule has 43 atom stereocenters. The third-order valence-electron chi connectivity index (χ3n) is 36.4. The van der Waals surface area contributed by atoms with E-state index in [0.717, 1.165) is 87.1 Å². The van der Waals surface area contributed by atoms with Crippen LogP contribution in [0.25, 0.3) is 0 Å². The largest absolute Gasteiger partial charge is 0.457 e. The zero-order valence-corrected chi connectivity index (χ0v) is 84.8. The van der Waals surface area contributed by atoms with Gasteiger partial charge >= 0.3 is 47.8 Å². The molecule has 40 nitrogen and oxygen atoms in total. The van der Waals surface area contributed by atoms with Crippen molar-refractivity contribution < 1.29 is 177 Å². The van der Waals surface area contributed by atoms with E-state index in [-0.39, 0.29) is 142 Å². The van der Waals surface area contributed by atoms with Gasteiger partial charge in [-0.15, -0.1) is 0 Å². The highest BCUT2D eigenvalue weighted by Crippen LogP contribution is 2.74. The maximum atomic E-state index is 12.4. The molecule has 16 bridgehead atoms. The summed E-state index contributed by atoms with van der Waals surface area (Å²) >= 11 is 0. The lowest BCUT2D eigenvalue weighted by atomic mass is 9.68. The summed E-state index contributed by atoms with van der Waals surface area (Å²) in [6.45, 7) is 48.0. The van der Waals surface area contributed by atoms with Crippen molar-refractivity contribution >= 4 is 129 Å². The van der Waals surface area contributed by atoms with Gasteiger partial charge in [-0.1, -0.05) is 108 Å². The number of fused-ring (bicyclic) bond motifs is 8. The predicted molar refractivity (Wildman–Crippen MR) is 481 cm³/mol. The summed E-state index contributed by atoms with van der Waals surface area (Å²) in [7, 11) is -28.8. The third-order valence-corrected chi connectivity index (χ3v) is 51.1. The fourth-order valence-electron chi connectivity index (χ4n) is 30.7. The van der Waals surface area contributed by atoms with E-state index in [9.17, 15) is 106 Å². The minimum absolute atomic E-state index is 0.00820. The first-order valence-corrected chi connectivity index (χ1v) is 58.2. The van der Waals surface area contributed by atoms with Crippen LogP contribution in [0.15, 0.2) is 101 Å². The monoisotopic (exact) mass is 2110 g/mol. The Morgan fingerprint density at radius 2 is 0.813 bits per heavy atom. The van der Waals surface area contributed by atoms with E-state index >= 15 is 0 Å². The van der Waals surface area contributed by atoms with Crippen LogP contribution in [0.5, 0.6) is 0 Å². The molecule has 8 aliphatic heterocycles. The quantitative estimate of drug-likeness (QED) is 0.0798. The van der Waals surface area contributed by atoms with Gasteiger partial charge in [0, 0.05) is 142 Å². The van der Waals surface area contributed by atoms with Gasteiger partial charge in [0.1, 0.15) is 90.3 Å². The van der Waals surface area contributed by atoms with Crippen LogP contribution in [-0.4, -0.2) is 253 Å². The van der Waals surface area contributed by atoms with Gasteiger partial charge in [0.15, 0.2) is 0 Å². The molecule has 43 unspecified atom stereocenters. The van der Waals surface area contributed by atoms with Crippen LogP contribution >= 0.6 is 0 Å². The second kappa shape index (κ2) is 34.3. The zero-order chi connectivity index (χ0) is 102. The Kier molecular flexibility index (Phi) is 25.5. The fourth-order valence-corrected chi connectivity index (χ4v) is 48.0. The molecule has 0 aromatic carbocycles. The maximum Gasteiger partial charge on any atom is 0.330 e. The van der Waals surface area contributed by atoms with Crippen LogP contribution in [-0.2, 0) is 191 Å². The number of ether oxygens (including phenoxy) is 8. The predicted octanol–water partition coefficient (Wildman–Crippen LogP) is 5.48. The van der Waals surface area contributed by atoms with Gasteiger partial charge in [0.05, 0.1) is 47.8 Å². The summed E-state index contributed by atoms with van der Waals surface area (Å²) in [6, 6.07) is 0. The molecule has 0 N–H and O–H groups in total. The first-order valence-electron chi connectivity index (χ1n) is 46.5. The Morgan fingerprint density at radius 1 is 0.338 bits per heavy atom. The van der Waals surface area contributed by atoms with Crippen molar-refractivity contribution in [2.45, 2.75) is 291 Å². The third kappa shape index (κ3) is 15.9. The number of carbonyl (C=O) groups is 8. The van der Waals surface area contributed by atoms with Crippen LogP contribution in [0.3, 0.4) is 0 Å². The molecular weight excluding hydrogens is 1990 g/mol. The van der Waals surface area contributed by atoms with Gasteiger partial charge in [-0.3, -0.25) is 33.5 Å². The Labute approximate surface area is 809 Å². The molecule has 0 aromatic rings. The SMILES string of the molecule is C=CC(=O)OC1(C)C2CC3OS(=O)(=O)C1C3C2.C=CC(=O)OC1C2C3C(C)C1(C)C(C)C3(C)OS2(=O)=O.C=CC(=O)OC1C2C3CC1(C)CC3OS2(=O)=O.C=CC(=O)OC1C2CC3C(OS(=O)(=O)C31)C2C.C=CC(=O)OC1C2CC3C1S(=O)(=O)OC3(C)C2.C=CC(=O)OC1C2CC3OS(=O)(=O)C1C3(C)C2.C=CC(=O)OC1C2CC3OS(=O)(=O)C1C3C2.C=CC(=O)OC1C2CC3OS(=O)(=O)C1C3C2(C)C. The first-order chi connectivity index (χ1) is 64.4. The van der Waals surface area contributed by atoms with Crippen molar-refractivity contribution in [3.63, 3.8) is 0 Å². The molecule has 16 aliphatic carbocycles. The zero-order valence-electron chi connectivity index (χ0n) is 78.2. The summed E-state index contributed by atoms with van der Waals surface area (Å²) in [6.07, 6.45) is 11.6. The van der Waals surface area contributed by atoms with E-state index in [0.29, 0.717) is 38.5 Å². The Bertz CT molecular complexity index is 6190. The van der Waals surface area contributed by atoms with Crippen molar-refractivity contribution in [2.24, 2.45) is 116 Å². The van der Waals surface area contributed by atoms with Gasteiger partial charge in [-0.05, 0) is 121 Å². The number of esters is 8. The molecule has 24 fully saturated rings. The molecule has 0 amide bonds. The van der Waals surface area contributed by atoms with Crippen molar-refractivity contribution in [2.75, 3.05) is 0 Å². The maximum absolute atomic E-state index is 12.4. The molecule has 16 saturated carbocycles. The molecule has 8 heterocycles. The molecule has 139 heavy (non-hydrogen) atoms. The first kappa shape index (κ1) is 103. The second-order valence-corrected chi connectivity index (χ2v) is 57.0. The van der Waals surface area contributed by atoms with Gasteiger partial charge < -0.3 is 37.9 Å². The summed E-state index contributed by atoms with van der Waals surface area (Å²) in [5, 5.41) is -5.57. The van der Waals surface area contributed by atoms with E-state index < -0.39 is 241 Å². The van der Waals surface area contributed by atoms with Gasteiger partial charge in [0.2, 0.25) is 0 Å². The lowest BCUT2D eigenvalue weighted by Gasteiger charge is -2.41. The minimum Gasteiger partial charge on any atom is -0.457 e. The number of hydrogen-bond donors (Lipinski definition) is 0. The molecule has 0 radical (unpaired) electrons. The normalized spacial score (nSPS) is 49.4. The van der Waals surface area contributed by atoms with E-state index in [1.54, 1.807) is 6.92 Å². The smallest absolute Gasteiger partial charge is 0.330 e. The average molecular weight is 2110 g/mol. The summed E-state index contributed by atoms with van der Waals surface area (Å²) in [4.78, 5) is 90.5. The molecule has 0 aromatic heterocycles. The fraction of sp³-hybridized carbons (Fsp3) is 0.736. The Morgan fingerprint density at radius 3 is 1.40 bits per heavy atom. The lowest BCUT2D eigenvalue weighted by Crippen LogP contribution is -2.51. The van der Waals surface area contributed by atoms with Crippen molar-refractivity contribution in [1.82, 2.24) is 0 Å². The second-order valence-electron chi connectivity index (χ2n) is 43.4. The van der Waals surface area contributed by atoms with Gasteiger partial charge in [-0.2, -0.15) is 67.3 Å². The number of hydrogen-bond acceptors (Lipinski definition) is 40. The van der Waals surface area contributed by atoms with E-state index in [4.69, 9.17) is 71.4 Å². The van der Waals surface area contributed by atoms with E-state index in [1.807, 2.05) is 69.2 Å². The Hall–Kier alpha value is -7.04. The summed E-state index contributed by atoms with van der Waals surface area (Å²) in [5.41, 5.74) is -3.46. The van der Waals surface area contributed by atoms with Crippen LogP contribution in [0.2, 0.25) is 0 Å². The van der Waals surface area contributed by atoms with Crippen LogP contribution in [0.4, 0.5) is 0 Å². The highest BCUT2D eigenvalue weighted by molar-refractivity contribution is 7.89. The topological polar surface area (TPSA) is 557 Å². The van der Waals surface area contributed by atoms with Crippen LogP contribution in [0.1, 0.15) is 153 Å². The van der Waals surface area contributed by atoms with Crippen molar-refractivity contribution in [3.8, 4) is 0 Å². The standard InChI is InChI=1S/C14H20O5S.C12H16O5S.5C11H14O5S.C10H12O5S/c1-6-9(15)18-12-11-10-7(2)13(12,4)8(3)14(10,5)19-20(11,16)17;1-4-8(13)16-10-6-5-7-9(12(6,2)3)11(10)18(14,15)17-7;1-3-8(12)15-10-9-6-4-11(10,2)5-7(6)16-17(9,13)14;1-3-9(12)15-11(2)6-4-7-8(5-6)16-17(13,14)10(7)11;1-3-8(12)15-9-6-4-7-11(2,5-6)10(9)17(13,14)16-7;1-3-8(12)15-9-6-4-7-10(9)17(13,14)16-11(7,2)5-6;1-3-8(12)15-10-6-4-7-9(5(6)2)16-17(13,14)11(7)10;1-2-8(11)14-9-5-3-6-7(4-5)15-16(12,13)10(6)9/h6-8,10-12H,1H2,2-5H3;4,6-7,9-11H,1,5H2,2-3H3;3,6-7,9-10H,1,4-5H2,2H3;3,6-8,10H,1,4-5H2,2H3;2*3,6-7,9-10H,1,4-5H2,2H3;3,5-7,9-11H,1,4H2,2H3;2,5-7,9-10H,1,3-4H2. The molecule has 0 spiro atoms. The van der Waals surface area contributed by atoms with E-state index in [1.165, 1.54) is 0 Å².